The molecule has 1 atom stereocenters. The molecule has 0 fully saturated rings. The van der Waals surface area contributed by atoms with Crippen LogP contribution < -0.4 is 19.1 Å². The normalized spacial score (nSPS) is 13.9. The topological polar surface area (TPSA) is 105 Å². The smallest absolute Gasteiger partial charge is 0.242 e. The molecule has 2 aromatic carbocycles. The van der Waals surface area contributed by atoms with Gasteiger partial charge in [-0.1, -0.05) is 29.3 Å². The summed E-state index contributed by atoms with van der Waals surface area (Å²) in [6.45, 7) is 8.24. The van der Waals surface area contributed by atoms with Gasteiger partial charge in [-0.2, -0.15) is 0 Å². The summed E-state index contributed by atoms with van der Waals surface area (Å²) in [6.07, 6.45) is 1.36. The van der Waals surface area contributed by atoms with Crippen molar-refractivity contribution in [1.82, 2.24) is 10.2 Å². The van der Waals surface area contributed by atoms with E-state index in [2.05, 4.69) is 5.32 Å². The molecule has 0 radical (unpaired) electrons. The molecular formula is C27H35Cl2N3O6S. The van der Waals surface area contributed by atoms with Gasteiger partial charge in [0.05, 0.1) is 22.0 Å². The number of hydrogen-bond acceptors (Lipinski definition) is 6. The van der Waals surface area contributed by atoms with Crippen molar-refractivity contribution in [3.8, 4) is 11.5 Å². The Balaban J connectivity index is 1.77. The van der Waals surface area contributed by atoms with Gasteiger partial charge in [-0.3, -0.25) is 13.9 Å². The van der Waals surface area contributed by atoms with Crippen LogP contribution >= 0.6 is 23.2 Å². The fourth-order valence-electron chi connectivity index (χ4n) is 4.08. The summed E-state index contributed by atoms with van der Waals surface area (Å²) in [4.78, 5) is 27.9. The van der Waals surface area contributed by atoms with E-state index in [-0.39, 0.29) is 37.7 Å². The van der Waals surface area contributed by atoms with Gasteiger partial charge in [0.2, 0.25) is 21.8 Å². The Morgan fingerprint density at radius 1 is 1.03 bits per heavy atom. The minimum atomic E-state index is -3.65. The Morgan fingerprint density at radius 2 is 1.69 bits per heavy atom. The Bertz CT molecular complexity index is 1310. The van der Waals surface area contributed by atoms with Crippen molar-refractivity contribution >= 4 is 50.7 Å². The second-order valence-electron chi connectivity index (χ2n) is 10.5. The fraction of sp³-hybridized carbons (Fsp3) is 0.481. The van der Waals surface area contributed by atoms with Crippen molar-refractivity contribution in [3.05, 3.63) is 52.0 Å². The van der Waals surface area contributed by atoms with Gasteiger partial charge < -0.3 is 19.7 Å². The predicted octanol–water partition coefficient (Wildman–Crippen LogP) is 4.64. The second-order valence-corrected chi connectivity index (χ2v) is 13.2. The molecule has 1 aliphatic heterocycles. The molecule has 1 heterocycles. The molecule has 0 bridgehead atoms. The van der Waals surface area contributed by atoms with E-state index in [1.54, 1.807) is 43.3 Å². The molecule has 0 aromatic heterocycles. The fourth-order valence-corrected chi connectivity index (χ4v) is 5.36. The quantitative estimate of drug-likeness (QED) is 0.426. The first-order valence-corrected chi connectivity index (χ1v) is 15.2. The first-order chi connectivity index (χ1) is 18.2. The van der Waals surface area contributed by atoms with E-state index in [0.717, 1.165) is 6.26 Å². The van der Waals surface area contributed by atoms with Gasteiger partial charge in [0.25, 0.3) is 0 Å². The number of benzene rings is 2. The van der Waals surface area contributed by atoms with Crippen molar-refractivity contribution < 1.29 is 27.5 Å². The third-order valence-corrected chi connectivity index (χ3v) is 7.90. The first-order valence-electron chi connectivity index (χ1n) is 12.6. The summed E-state index contributed by atoms with van der Waals surface area (Å²) in [5.74, 6) is 0.419. The highest BCUT2D eigenvalue weighted by Gasteiger charge is 2.29. The number of sulfonamides is 1. The molecule has 9 nitrogen and oxygen atoms in total. The predicted molar refractivity (Wildman–Crippen MR) is 153 cm³/mol. The molecule has 1 aliphatic rings. The molecule has 0 unspecified atom stereocenters. The summed E-state index contributed by atoms with van der Waals surface area (Å²) in [6, 6.07) is 9.19. The molecular weight excluding hydrogens is 565 g/mol. The van der Waals surface area contributed by atoms with E-state index in [4.69, 9.17) is 32.7 Å². The molecule has 0 saturated carbocycles. The van der Waals surface area contributed by atoms with E-state index in [9.17, 15) is 18.0 Å². The highest BCUT2D eigenvalue weighted by Crippen LogP contribution is 2.35. The molecule has 0 spiro atoms. The highest BCUT2D eigenvalue weighted by molar-refractivity contribution is 7.92. The monoisotopic (exact) mass is 599 g/mol. The number of nitrogens with one attached hydrogen (secondary N) is 1. The zero-order valence-electron chi connectivity index (χ0n) is 22.8. The molecule has 12 heteroatoms. The summed E-state index contributed by atoms with van der Waals surface area (Å²) >= 11 is 12.2. The summed E-state index contributed by atoms with van der Waals surface area (Å²) in [7, 11) is -3.65. The average molecular weight is 601 g/mol. The van der Waals surface area contributed by atoms with E-state index < -0.39 is 21.6 Å². The van der Waals surface area contributed by atoms with Crippen LogP contribution in [0.2, 0.25) is 10.0 Å². The minimum Gasteiger partial charge on any atom is -0.486 e. The Hall–Kier alpha value is -2.69. The maximum atomic E-state index is 13.5. The molecule has 0 saturated heterocycles. The summed E-state index contributed by atoms with van der Waals surface area (Å²) in [5.41, 5.74) is 0.644. The SMILES string of the molecule is C[C@@H](C(=O)NC(C)(C)C)N(Cc1ccc(Cl)c(Cl)c1)C(=O)CCCN(c1ccc2c(c1)OCCO2)S(C)(=O)=O. The van der Waals surface area contributed by atoms with Crippen molar-refractivity contribution in [2.45, 2.75) is 58.7 Å². The van der Waals surface area contributed by atoms with Gasteiger partial charge in [0.1, 0.15) is 19.3 Å². The van der Waals surface area contributed by atoms with Gasteiger partial charge in [-0.15, -0.1) is 0 Å². The Morgan fingerprint density at radius 3 is 2.31 bits per heavy atom. The van der Waals surface area contributed by atoms with E-state index in [1.807, 2.05) is 20.8 Å². The van der Waals surface area contributed by atoms with Crippen LogP contribution in [0, 0.1) is 0 Å². The standard InChI is InChI=1S/C27H35Cl2N3O6S/c1-18(26(34)30-27(2,3)4)31(17-19-8-10-21(28)22(29)15-19)25(33)7-6-12-32(39(5,35)36)20-9-11-23-24(16-20)38-14-13-37-23/h8-11,15-16,18H,6-7,12-14,17H2,1-5H3,(H,30,34)/t18-/m0/s1. The zero-order valence-corrected chi connectivity index (χ0v) is 25.1. The lowest BCUT2D eigenvalue weighted by atomic mass is 10.1. The lowest BCUT2D eigenvalue weighted by molar-refractivity contribution is -0.141. The lowest BCUT2D eigenvalue weighted by Crippen LogP contribution is -2.52. The van der Waals surface area contributed by atoms with Gasteiger partial charge in [0.15, 0.2) is 11.5 Å². The van der Waals surface area contributed by atoms with Crippen molar-refractivity contribution in [2.24, 2.45) is 0 Å². The number of fused-ring (bicyclic) bond motifs is 1. The van der Waals surface area contributed by atoms with Gasteiger partial charge in [0, 0.05) is 31.1 Å². The number of carbonyl (C=O) groups is 2. The van der Waals surface area contributed by atoms with E-state index in [1.165, 1.54) is 9.21 Å². The van der Waals surface area contributed by atoms with Crippen molar-refractivity contribution in [2.75, 3.05) is 30.3 Å². The maximum Gasteiger partial charge on any atom is 0.242 e. The van der Waals surface area contributed by atoms with Crippen LogP contribution in [0.25, 0.3) is 0 Å². The number of anilines is 1. The molecule has 2 amide bonds. The van der Waals surface area contributed by atoms with Crippen LogP contribution in [0.4, 0.5) is 5.69 Å². The Kier molecular flexibility index (Phi) is 10.0. The number of rotatable bonds is 10. The molecule has 2 aromatic rings. The summed E-state index contributed by atoms with van der Waals surface area (Å²) < 4.78 is 37.6. The lowest BCUT2D eigenvalue weighted by Gasteiger charge is -2.32. The Labute approximate surface area is 240 Å². The molecule has 1 N–H and O–H groups in total. The number of nitrogens with zero attached hydrogens (tertiary/aromatic N) is 2. The van der Waals surface area contributed by atoms with E-state index >= 15 is 0 Å². The van der Waals surface area contributed by atoms with Crippen LogP contribution in [0.1, 0.15) is 46.1 Å². The largest absolute Gasteiger partial charge is 0.486 e. The number of ether oxygens (including phenoxy) is 2. The van der Waals surface area contributed by atoms with Crippen molar-refractivity contribution in [1.29, 1.82) is 0 Å². The molecule has 39 heavy (non-hydrogen) atoms. The van der Waals surface area contributed by atoms with E-state index in [0.29, 0.717) is 46.0 Å². The number of carbonyl (C=O) groups excluding carboxylic acids is 2. The highest BCUT2D eigenvalue weighted by atomic mass is 35.5. The van der Waals surface area contributed by atoms with Crippen LogP contribution in [0.15, 0.2) is 36.4 Å². The van der Waals surface area contributed by atoms with Crippen molar-refractivity contribution in [3.63, 3.8) is 0 Å². The molecule has 214 valence electrons. The minimum absolute atomic E-state index is 0.0189. The van der Waals surface area contributed by atoms with Crippen LogP contribution in [-0.2, 0) is 26.2 Å². The van der Waals surface area contributed by atoms with Gasteiger partial charge in [-0.05, 0) is 63.9 Å². The van der Waals surface area contributed by atoms with Crippen LogP contribution in [-0.4, -0.2) is 62.7 Å². The second kappa shape index (κ2) is 12.7. The number of hydrogen-bond donors (Lipinski definition) is 1. The molecule has 3 rings (SSSR count). The van der Waals surface area contributed by atoms with Gasteiger partial charge in [-0.25, -0.2) is 8.42 Å². The number of halogens is 2. The first kappa shape index (κ1) is 30.8. The number of amides is 2. The molecule has 0 aliphatic carbocycles. The van der Waals surface area contributed by atoms with Crippen LogP contribution in [0.5, 0.6) is 11.5 Å². The third kappa shape index (κ3) is 8.65. The third-order valence-electron chi connectivity index (χ3n) is 5.97. The van der Waals surface area contributed by atoms with Crippen LogP contribution in [0.3, 0.4) is 0 Å². The van der Waals surface area contributed by atoms with Gasteiger partial charge >= 0.3 is 0 Å². The average Bonchev–Trinajstić information content (AvgIpc) is 2.84. The zero-order chi connectivity index (χ0) is 29.0. The maximum absolute atomic E-state index is 13.5. The summed E-state index contributed by atoms with van der Waals surface area (Å²) in [5, 5.41) is 3.64.